The first-order valence-electron chi connectivity index (χ1n) is 6.86. The van der Waals surface area contributed by atoms with E-state index in [1.165, 1.54) is 12.1 Å². The van der Waals surface area contributed by atoms with Gasteiger partial charge in [-0.1, -0.05) is 38.0 Å². The van der Waals surface area contributed by atoms with E-state index in [2.05, 4.69) is 12.2 Å². The fraction of sp³-hybridized carbons (Fsp3) is 0.400. The molecular weight excluding hydrogens is 256 g/mol. The zero-order valence-corrected chi connectivity index (χ0v) is 11.5. The molecule has 1 unspecified atom stereocenters. The summed E-state index contributed by atoms with van der Waals surface area (Å²) in [5, 5.41) is 13.6. The van der Waals surface area contributed by atoms with Crippen LogP contribution in [-0.4, -0.2) is 10.8 Å². The molecule has 0 fully saturated rings. The van der Waals surface area contributed by atoms with Crippen LogP contribution in [0.5, 0.6) is 0 Å². The molecule has 5 nitrogen and oxygen atoms in total. The van der Waals surface area contributed by atoms with Gasteiger partial charge in [-0.25, -0.2) is 0 Å². The summed E-state index contributed by atoms with van der Waals surface area (Å²) in [7, 11) is 0. The number of carbonyl (C=O) groups is 1. The van der Waals surface area contributed by atoms with Crippen molar-refractivity contribution in [2.75, 3.05) is 0 Å². The van der Waals surface area contributed by atoms with Gasteiger partial charge in [0, 0.05) is 29.8 Å². The first kappa shape index (κ1) is 14.2. The van der Waals surface area contributed by atoms with Crippen molar-refractivity contribution in [1.29, 1.82) is 0 Å². The van der Waals surface area contributed by atoms with Crippen molar-refractivity contribution in [3.8, 4) is 0 Å². The molecule has 0 saturated carbocycles. The first-order chi connectivity index (χ1) is 9.60. The van der Waals surface area contributed by atoms with E-state index in [-0.39, 0.29) is 17.5 Å². The zero-order chi connectivity index (χ0) is 14.5. The van der Waals surface area contributed by atoms with E-state index >= 15 is 0 Å². The highest BCUT2D eigenvalue weighted by molar-refractivity contribution is 5.89. The third-order valence-corrected chi connectivity index (χ3v) is 3.42. The van der Waals surface area contributed by atoms with Crippen molar-refractivity contribution in [1.82, 2.24) is 5.32 Å². The molecule has 1 atom stereocenters. The molecule has 1 aliphatic heterocycles. The second-order valence-electron chi connectivity index (χ2n) is 5.04. The summed E-state index contributed by atoms with van der Waals surface area (Å²) < 4.78 is 0. The number of nitro benzene ring substituents is 1. The molecular formula is C15H18N2O3. The van der Waals surface area contributed by atoms with Gasteiger partial charge in [-0.05, 0) is 12.3 Å². The van der Waals surface area contributed by atoms with E-state index in [0.717, 1.165) is 19.3 Å². The van der Waals surface area contributed by atoms with Crippen molar-refractivity contribution in [3.05, 3.63) is 46.0 Å². The summed E-state index contributed by atoms with van der Waals surface area (Å²) in [5.74, 6) is 0.202. The number of carbonyl (C=O) groups excluding carboxylic acids is 1. The molecule has 0 aromatic heterocycles. The van der Waals surface area contributed by atoms with E-state index in [1.807, 2.05) is 6.08 Å². The molecule has 20 heavy (non-hydrogen) atoms. The number of nitro groups is 1. The van der Waals surface area contributed by atoms with Gasteiger partial charge in [0.2, 0.25) is 5.91 Å². The lowest BCUT2D eigenvalue weighted by atomic mass is 9.92. The van der Waals surface area contributed by atoms with Crippen LogP contribution in [0, 0.1) is 16.0 Å². The van der Waals surface area contributed by atoms with Crippen LogP contribution in [0.2, 0.25) is 0 Å². The average Bonchev–Trinajstić information content (AvgIpc) is 2.44. The summed E-state index contributed by atoms with van der Waals surface area (Å²) in [6.45, 7) is 2.12. The number of allylic oxidation sites excluding steroid dienone is 1. The Hall–Kier alpha value is -2.17. The number of benzene rings is 1. The highest BCUT2D eigenvalue weighted by Gasteiger charge is 2.20. The molecule has 1 aromatic rings. The lowest BCUT2D eigenvalue weighted by Gasteiger charge is -2.21. The first-order valence-corrected chi connectivity index (χ1v) is 6.86. The van der Waals surface area contributed by atoms with Crippen molar-refractivity contribution >= 4 is 17.3 Å². The van der Waals surface area contributed by atoms with Gasteiger partial charge in [0.1, 0.15) is 0 Å². The second kappa shape index (κ2) is 6.32. The third-order valence-electron chi connectivity index (χ3n) is 3.42. The lowest BCUT2D eigenvalue weighted by Crippen LogP contribution is -2.28. The molecule has 0 aliphatic carbocycles. The maximum atomic E-state index is 11.8. The predicted molar refractivity (Wildman–Crippen MR) is 76.8 cm³/mol. The summed E-state index contributed by atoms with van der Waals surface area (Å²) in [4.78, 5) is 22.1. The van der Waals surface area contributed by atoms with Gasteiger partial charge in [0.15, 0.2) is 0 Å². The molecule has 1 aliphatic rings. The van der Waals surface area contributed by atoms with Gasteiger partial charge in [-0.2, -0.15) is 0 Å². The quantitative estimate of drug-likeness (QED) is 0.661. The topological polar surface area (TPSA) is 72.2 Å². The van der Waals surface area contributed by atoms with Crippen LogP contribution in [0.4, 0.5) is 5.69 Å². The zero-order valence-electron chi connectivity index (χ0n) is 11.5. The molecule has 1 aromatic carbocycles. The van der Waals surface area contributed by atoms with Gasteiger partial charge < -0.3 is 5.32 Å². The van der Waals surface area contributed by atoms with Crippen molar-refractivity contribution in [2.24, 2.45) is 5.92 Å². The standard InChI is InChI=1S/C15H18N2O3/c1-2-3-5-11-8-14(16-15(18)9-11)12-6-4-7-13(10-12)17(19)20/h4,6-8,10-11H,2-3,5,9H2,1H3,(H,16,18). The Labute approximate surface area is 117 Å². The summed E-state index contributed by atoms with van der Waals surface area (Å²) in [6.07, 6.45) is 5.67. The fourth-order valence-electron chi connectivity index (χ4n) is 2.38. The Morgan fingerprint density at radius 1 is 1.45 bits per heavy atom. The lowest BCUT2D eigenvalue weighted by molar-refractivity contribution is -0.384. The predicted octanol–water partition coefficient (Wildman–Crippen LogP) is 3.26. The molecule has 0 bridgehead atoms. The Balaban J connectivity index is 2.25. The smallest absolute Gasteiger partial charge is 0.270 e. The number of nitrogens with one attached hydrogen (secondary N) is 1. The number of amides is 1. The van der Waals surface area contributed by atoms with E-state index < -0.39 is 4.92 Å². The Kier molecular flexibility index (Phi) is 4.50. The molecule has 1 amide bonds. The third kappa shape index (κ3) is 3.44. The normalized spacial score (nSPS) is 18.4. The molecule has 106 valence electrons. The van der Waals surface area contributed by atoms with Gasteiger partial charge in [-0.15, -0.1) is 0 Å². The van der Waals surface area contributed by atoms with E-state index in [1.54, 1.807) is 12.1 Å². The van der Waals surface area contributed by atoms with Gasteiger partial charge in [0.25, 0.3) is 5.69 Å². The number of rotatable bonds is 5. The number of nitrogens with zero attached hydrogens (tertiary/aromatic N) is 1. The molecule has 5 heteroatoms. The highest BCUT2D eigenvalue weighted by Crippen LogP contribution is 2.26. The maximum absolute atomic E-state index is 11.8. The van der Waals surface area contributed by atoms with Gasteiger partial charge >= 0.3 is 0 Å². The summed E-state index contributed by atoms with van der Waals surface area (Å²) in [6, 6.07) is 6.36. The number of unbranched alkanes of at least 4 members (excludes halogenated alkanes) is 1. The molecule has 1 N–H and O–H groups in total. The maximum Gasteiger partial charge on any atom is 0.270 e. The van der Waals surface area contributed by atoms with Crippen LogP contribution in [0.3, 0.4) is 0 Å². The SMILES string of the molecule is CCCCC1C=C(c2cccc([N+](=O)[O-])c2)NC(=O)C1. The molecule has 0 saturated heterocycles. The van der Waals surface area contributed by atoms with Crippen molar-refractivity contribution < 1.29 is 9.72 Å². The monoisotopic (exact) mass is 274 g/mol. The van der Waals surface area contributed by atoms with Crippen LogP contribution in [0.1, 0.15) is 38.2 Å². The Morgan fingerprint density at radius 2 is 2.25 bits per heavy atom. The number of non-ortho nitro benzene ring substituents is 1. The summed E-state index contributed by atoms with van der Waals surface area (Å²) in [5.41, 5.74) is 1.41. The average molecular weight is 274 g/mol. The minimum atomic E-state index is -0.427. The van der Waals surface area contributed by atoms with E-state index in [9.17, 15) is 14.9 Å². The van der Waals surface area contributed by atoms with Crippen LogP contribution < -0.4 is 5.32 Å². The van der Waals surface area contributed by atoms with Crippen molar-refractivity contribution in [3.63, 3.8) is 0 Å². The largest absolute Gasteiger partial charge is 0.326 e. The van der Waals surface area contributed by atoms with Crippen LogP contribution in [-0.2, 0) is 4.79 Å². The number of hydrogen-bond acceptors (Lipinski definition) is 3. The molecule has 0 radical (unpaired) electrons. The van der Waals surface area contributed by atoms with E-state index in [0.29, 0.717) is 17.7 Å². The minimum Gasteiger partial charge on any atom is -0.326 e. The molecule has 1 heterocycles. The van der Waals surface area contributed by atoms with Crippen LogP contribution in [0.15, 0.2) is 30.3 Å². The van der Waals surface area contributed by atoms with Crippen LogP contribution >= 0.6 is 0 Å². The molecule has 2 rings (SSSR count). The molecule has 0 spiro atoms. The van der Waals surface area contributed by atoms with Gasteiger partial charge in [-0.3, -0.25) is 14.9 Å². The number of hydrogen-bond donors (Lipinski definition) is 1. The second-order valence-corrected chi connectivity index (χ2v) is 5.04. The van der Waals surface area contributed by atoms with Crippen LogP contribution in [0.25, 0.3) is 5.70 Å². The Morgan fingerprint density at radius 3 is 2.95 bits per heavy atom. The fourth-order valence-corrected chi connectivity index (χ4v) is 2.38. The minimum absolute atomic E-state index is 0.0184. The Bertz CT molecular complexity index is 552. The summed E-state index contributed by atoms with van der Waals surface area (Å²) >= 11 is 0. The van der Waals surface area contributed by atoms with E-state index in [4.69, 9.17) is 0 Å². The highest BCUT2D eigenvalue weighted by atomic mass is 16.6. The van der Waals surface area contributed by atoms with Crippen molar-refractivity contribution in [2.45, 2.75) is 32.6 Å². The van der Waals surface area contributed by atoms with Gasteiger partial charge in [0.05, 0.1) is 4.92 Å².